The van der Waals surface area contributed by atoms with Crippen LogP contribution in [0.4, 0.5) is 14.5 Å². The summed E-state index contributed by atoms with van der Waals surface area (Å²) in [5.74, 6) is -3.23. The fourth-order valence-electron chi connectivity index (χ4n) is 2.54. The predicted octanol–water partition coefficient (Wildman–Crippen LogP) is 3.29. The van der Waals surface area contributed by atoms with Crippen LogP contribution in [0.3, 0.4) is 0 Å². The summed E-state index contributed by atoms with van der Waals surface area (Å²) >= 11 is 0. The molecule has 0 spiro atoms. The smallest absolute Gasteiger partial charge is 0.232 e. The Morgan fingerprint density at radius 2 is 1.93 bits per heavy atom. The molecule has 1 aromatic carbocycles. The van der Waals surface area contributed by atoms with Crippen LogP contribution < -0.4 is 4.72 Å². The predicted molar refractivity (Wildman–Crippen MR) is 97.0 cm³/mol. The fraction of sp³-hybridized carbons (Fsp3) is 0.167. The molecule has 0 saturated carbocycles. The van der Waals surface area contributed by atoms with Crippen molar-refractivity contribution in [1.82, 2.24) is 9.97 Å². The lowest BCUT2D eigenvalue weighted by Crippen LogP contribution is -2.18. The van der Waals surface area contributed by atoms with Crippen molar-refractivity contribution in [3.05, 3.63) is 65.5 Å². The Hall–Kier alpha value is -2.94. The molecular weight excluding hydrogens is 376 g/mol. The van der Waals surface area contributed by atoms with Gasteiger partial charge in [0.2, 0.25) is 15.8 Å². The molecule has 0 atom stereocenters. The largest absolute Gasteiger partial charge is 0.287 e. The van der Waals surface area contributed by atoms with E-state index in [-0.39, 0.29) is 11.4 Å². The van der Waals surface area contributed by atoms with Gasteiger partial charge in [0.15, 0.2) is 5.82 Å². The van der Waals surface area contributed by atoms with Crippen molar-refractivity contribution in [2.75, 3.05) is 10.5 Å². The molecule has 0 unspecified atom stereocenters. The maximum absolute atomic E-state index is 14.7. The van der Waals surface area contributed by atoms with Gasteiger partial charge < -0.3 is 0 Å². The number of aromatic nitrogens is 2. The summed E-state index contributed by atoms with van der Waals surface area (Å²) in [5.41, 5.74) is -0.373. The van der Waals surface area contributed by atoms with E-state index in [1.54, 1.807) is 25.3 Å². The first-order chi connectivity index (χ1) is 12.8. The SMILES string of the molecule is CCCS(=O)(=O)Nc1cc(F)cc(C(=O)c2ccc3ncccc3n2)c1F. The van der Waals surface area contributed by atoms with Crippen molar-refractivity contribution in [3.63, 3.8) is 0 Å². The van der Waals surface area contributed by atoms with Gasteiger partial charge >= 0.3 is 0 Å². The topological polar surface area (TPSA) is 89.0 Å². The number of carbonyl (C=O) groups excluding carboxylic acids is 1. The van der Waals surface area contributed by atoms with E-state index < -0.39 is 38.7 Å². The average Bonchev–Trinajstić information content (AvgIpc) is 2.63. The van der Waals surface area contributed by atoms with Crippen LogP contribution >= 0.6 is 0 Å². The lowest BCUT2D eigenvalue weighted by Gasteiger charge is -2.11. The normalized spacial score (nSPS) is 11.5. The lowest BCUT2D eigenvalue weighted by molar-refractivity contribution is 0.103. The minimum Gasteiger partial charge on any atom is -0.287 e. The fourth-order valence-corrected chi connectivity index (χ4v) is 3.66. The van der Waals surface area contributed by atoms with Crippen LogP contribution in [0.2, 0.25) is 0 Å². The first kappa shape index (κ1) is 18.8. The third-order valence-corrected chi connectivity index (χ3v) is 5.19. The molecule has 0 fully saturated rings. The van der Waals surface area contributed by atoms with E-state index in [0.717, 1.165) is 0 Å². The van der Waals surface area contributed by atoms with Gasteiger partial charge in [0.1, 0.15) is 11.5 Å². The number of rotatable bonds is 6. The quantitative estimate of drug-likeness (QED) is 0.652. The summed E-state index contributed by atoms with van der Waals surface area (Å²) in [6.45, 7) is 1.64. The van der Waals surface area contributed by atoms with E-state index in [9.17, 15) is 22.0 Å². The molecule has 0 aliphatic heterocycles. The molecule has 9 heteroatoms. The van der Waals surface area contributed by atoms with Gasteiger partial charge in [-0.15, -0.1) is 0 Å². The number of benzene rings is 1. The first-order valence-electron chi connectivity index (χ1n) is 8.07. The highest BCUT2D eigenvalue weighted by atomic mass is 32.2. The molecule has 0 aliphatic carbocycles. The number of nitrogens with one attached hydrogen (secondary N) is 1. The first-order valence-corrected chi connectivity index (χ1v) is 9.72. The van der Waals surface area contributed by atoms with E-state index in [2.05, 4.69) is 9.97 Å². The number of ketones is 1. The zero-order chi connectivity index (χ0) is 19.6. The molecule has 0 bridgehead atoms. The Bertz CT molecular complexity index is 1130. The molecule has 1 N–H and O–H groups in total. The third kappa shape index (κ3) is 4.08. The van der Waals surface area contributed by atoms with E-state index in [1.165, 1.54) is 12.1 Å². The Morgan fingerprint density at radius 3 is 2.67 bits per heavy atom. The van der Waals surface area contributed by atoms with Crippen molar-refractivity contribution >= 4 is 32.5 Å². The molecule has 3 aromatic rings. The van der Waals surface area contributed by atoms with Crippen molar-refractivity contribution < 1.29 is 22.0 Å². The van der Waals surface area contributed by atoms with Gasteiger partial charge in [0.25, 0.3) is 0 Å². The molecule has 6 nitrogen and oxygen atoms in total. The third-order valence-electron chi connectivity index (χ3n) is 3.71. The molecule has 27 heavy (non-hydrogen) atoms. The number of nitrogens with zero attached hydrogens (tertiary/aromatic N) is 2. The number of anilines is 1. The standard InChI is InChI=1S/C18H15F2N3O3S/c1-2-8-27(25,26)23-16-10-11(19)9-12(17(16)20)18(24)15-6-5-13-14(22-15)4-3-7-21-13/h3-7,9-10,23H,2,8H2,1H3. The van der Waals surface area contributed by atoms with Gasteiger partial charge in [-0.3, -0.25) is 14.5 Å². The Labute approximate surface area is 154 Å². The number of fused-ring (bicyclic) bond motifs is 1. The monoisotopic (exact) mass is 391 g/mol. The summed E-state index contributed by atoms with van der Waals surface area (Å²) in [4.78, 5) is 20.8. The second kappa shape index (κ2) is 7.36. The van der Waals surface area contributed by atoms with E-state index in [4.69, 9.17) is 0 Å². The van der Waals surface area contributed by atoms with E-state index in [1.807, 2.05) is 4.72 Å². The highest BCUT2D eigenvalue weighted by Gasteiger charge is 2.22. The summed E-state index contributed by atoms with van der Waals surface area (Å²) in [5, 5.41) is 0. The molecule has 0 aliphatic rings. The highest BCUT2D eigenvalue weighted by Crippen LogP contribution is 2.24. The molecule has 2 aromatic heterocycles. The molecule has 2 heterocycles. The average molecular weight is 391 g/mol. The van der Waals surface area contributed by atoms with Gasteiger partial charge in [-0.1, -0.05) is 6.92 Å². The number of hydrogen-bond donors (Lipinski definition) is 1. The molecule has 0 amide bonds. The molecule has 3 rings (SSSR count). The zero-order valence-electron chi connectivity index (χ0n) is 14.2. The van der Waals surface area contributed by atoms with Crippen LogP contribution in [0, 0.1) is 11.6 Å². The summed E-state index contributed by atoms with van der Waals surface area (Å²) in [6, 6.07) is 7.56. The Balaban J connectivity index is 2.03. The van der Waals surface area contributed by atoms with E-state index in [0.29, 0.717) is 29.6 Å². The molecule has 0 radical (unpaired) electrons. The summed E-state index contributed by atoms with van der Waals surface area (Å²) < 4.78 is 54.3. The van der Waals surface area contributed by atoms with Crippen molar-refractivity contribution in [2.45, 2.75) is 13.3 Å². The minimum absolute atomic E-state index is 0.109. The van der Waals surface area contributed by atoms with Gasteiger partial charge in [0, 0.05) is 12.3 Å². The van der Waals surface area contributed by atoms with Crippen molar-refractivity contribution in [2.24, 2.45) is 0 Å². The van der Waals surface area contributed by atoms with Crippen LogP contribution in [0.1, 0.15) is 29.4 Å². The molecule has 140 valence electrons. The second-order valence-corrected chi connectivity index (χ2v) is 7.64. The van der Waals surface area contributed by atoms with Crippen molar-refractivity contribution in [1.29, 1.82) is 0 Å². The number of pyridine rings is 2. The Kier molecular flexibility index (Phi) is 5.13. The lowest BCUT2D eigenvalue weighted by atomic mass is 10.1. The molecule has 0 saturated heterocycles. The maximum Gasteiger partial charge on any atom is 0.232 e. The molecular formula is C18H15F2N3O3S. The van der Waals surface area contributed by atoms with Crippen LogP contribution in [0.5, 0.6) is 0 Å². The number of halogens is 2. The van der Waals surface area contributed by atoms with Gasteiger partial charge in [-0.05, 0) is 36.8 Å². The van der Waals surface area contributed by atoms with Gasteiger partial charge in [-0.25, -0.2) is 22.2 Å². The van der Waals surface area contributed by atoms with Crippen LogP contribution in [-0.4, -0.2) is 29.9 Å². The maximum atomic E-state index is 14.7. The second-order valence-electron chi connectivity index (χ2n) is 5.80. The van der Waals surface area contributed by atoms with Crippen LogP contribution in [-0.2, 0) is 10.0 Å². The van der Waals surface area contributed by atoms with Gasteiger partial charge in [0.05, 0.1) is 28.0 Å². The van der Waals surface area contributed by atoms with Crippen LogP contribution in [0.15, 0.2) is 42.6 Å². The number of hydrogen-bond acceptors (Lipinski definition) is 5. The number of sulfonamides is 1. The summed E-state index contributed by atoms with van der Waals surface area (Å²) in [6.07, 6.45) is 1.86. The van der Waals surface area contributed by atoms with Gasteiger partial charge in [-0.2, -0.15) is 0 Å². The van der Waals surface area contributed by atoms with Crippen LogP contribution in [0.25, 0.3) is 11.0 Å². The Morgan fingerprint density at radius 1 is 1.15 bits per heavy atom. The van der Waals surface area contributed by atoms with Crippen molar-refractivity contribution in [3.8, 4) is 0 Å². The van der Waals surface area contributed by atoms with E-state index >= 15 is 0 Å². The minimum atomic E-state index is -3.85. The highest BCUT2D eigenvalue weighted by molar-refractivity contribution is 7.92. The number of carbonyl (C=O) groups is 1. The zero-order valence-corrected chi connectivity index (χ0v) is 15.1. The summed E-state index contributed by atoms with van der Waals surface area (Å²) in [7, 11) is -3.85.